The van der Waals surface area contributed by atoms with Crippen molar-refractivity contribution in [3.05, 3.63) is 66.8 Å². The molecule has 0 aliphatic carbocycles. The number of nitrogens with zero attached hydrogens (tertiary/aromatic N) is 3. The Hall–Kier alpha value is -3.36. The smallest absolute Gasteiger partial charge is 0.182 e. The van der Waals surface area contributed by atoms with Crippen molar-refractivity contribution in [1.29, 1.82) is 0 Å². The summed E-state index contributed by atoms with van der Waals surface area (Å²) in [5, 5.41) is 5.32. The Labute approximate surface area is 186 Å². The van der Waals surface area contributed by atoms with Crippen LogP contribution in [0.1, 0.15) is 0 Å². The minimum atomic E-state index is -0.845. The molecule has 160 valence electrons. The monoisotopic (exact) mass is 447 g/mol. The fourth-order valence-electron chi connectivity index (χ4n) is 4.26. The standard InChI is InChI=1S/C24H19F2N5S/c25-19-8-15(9-20(23(19)26)31-5-3-27-4-6-31)16-7-17-18(12-30-24(17)29-11-16)21-10-14-1-2-28-13-22(14)32-21/h1-2,7-13,27H,3-6H2,(H,29,30). The Balaban J connectivity index is 1.46. The summed E-state index contributed by atoms with van der Waals surface area (Å²) < 4.78 is 30.3. The first-order chi connectivity index (χ1) is 15.7. The summed E-state index contributed by atoms with van der Waals surface area (Å²) in [7, 11) is 0. The summed E-state index contributed by atoms with van der Waals surface area (Å²) in [6, 6.07) is 9.10. The predicted octanol–water partition coefficient (Wildman–Crippen LogP) is 5.19. The van der Waals surface area contributed by atoms with Crippen molar-refractivity contribution in [3.63, 3.8) is 0 Å². The SMILES string of the molecule is Fc1cc(-c2cnc3[nH]cc(-c4cc5ccncc5s4)c3c2)cc(N2CCNCC2)c1F. The number of H-pyrrole nitrogens is 1. The summed E-state index contributed by atoms with van der Waals surface area (Å²) in [4.78, 5) is 15.0. The van der Waals surface area contributed by atoms with Gasteiger partial charge in [0.05, 0.1) is 10.4 Å². The van der Waals surface area contributed by atoms with E-state index in [0.29, 0.717) is 24.3 Å². The zero-order valence-corrected chi connectivity index (χ0v) is 17.8. The molecular weight excluding hydrogens is 428 g/mol. The first-order valence-corrected chi connectivity index (χ1v) is 11.3. The molecule has 1 saturated heterocycles. The molecule has 5 aromatic rings. The van der Waals surface area contributed by atoms with E-state index < -0.39 is 11.6 Å². The Morgan fingerprint density at radius 3 is 2.72 bits per heavy atom. The molecule has 1 aliphatic rings. The lowest BCUT2D eigenvalue weighted by Crippen LogP contribution is -2.44. The second-order valence-corrected chi connectivity index (χ2v) is 8.96. The summed E-state index contributed by atoms with van der Waals surface area (Å²) in [6.07, 6.45) is 7.29. The van der Waals surface area contributed by atoms with E-state index in [4.69, 9.17) is 0 Å². The normalized spacial score (nSPS) is 14.5. The molecule has 8 heteroatoms. The maximum absolute atomic E-state index is 14.6. The van der Waals surface area contributed by atoms with Gasteiger partial charge in [-0.2, -0.15) is 0 Å². The van der Waals surface area contributed by atoms with Crippen LogP contribution in [0.3, 0.4) is 0 Å². The van der Waals surface area contributed by atoms with Crippen LogP contribution in [0.4, 0.5) is 14.5 Å². The highest BCUT2D eigenvalue weighted by Crippen LogP contribution is 2.38. The molecule has 0 saturated carbocycles. The van der Waals surface area contributed by atoms with E-state index in [1.54, 1.807) is 29.8 Å². The van der Waals surface area contributed by atoms with Gasteiger partial charge in [0.15, 0.2) is 11.6 Å². The number of thiophene rings is 1. The Morgan fingerprint density at radius 2 is 1.88 bits per heavy atom. The first kappa shape index (κ1) is 19.3. The minimum Gasteiger partial charge on any atom is -0.367 e. The van der Waals surface area contributed by atoms with Crippen LogP contribution in [0.15, 0.2) is 55.1 Å². The van der Waals surface area contributed by atoms with Crippen LogP contribution in [-0.4, -0.2) is 41.1 Å². The van der Waals surface area contributed by atoms with Crippen molar-refractivity contribution in [2.45, 2.75) is 0 Å². The second-order valence-electron chi connectivity index (χ2n) is 7.87. The zero-order valence-electron chi connectivity index (χ0n) is 17.0. The lowest BCUT2D eigenvalue weighted by atomic mass is 10.0. The number of fused-ring (bicyclic) bond motifs is 2. The number of aromatic nitrogens is 3. The molecule has 0 unspecified atom stereocenters. The predicted molar refractivity (Wildman–Crippen MR) is 125 cm³/mol. The number of hydrogen-bond acceptors (Lipinski definition) is 5. The molecule has 6 rings (SSSR count). The fourth-order valence-corrected chi connectivity index (χ4v) is 5.32. The average molecular weight is 448 g/mol. The third-order valence-electron chi connectivity index (χ3n) is 5.92. The third kappa shape index (κ3) is 3.23. The van der Waals surface area contributed by atoms with E-state index in [9.17, 15) is 8.78 Å². The van der Waals surface area contributed by atoms with Crippen LogP contribution in [0, 0.1) is 11.6 Å². The van der Waals surface area contributed by atoms with E-state index in [0.717, 1.165) is 50.2 Å². The van der Waals surface area contributed by atoms with E-state index in [2.05, 4.69) is 26.3 Å². The number of rotatable bonds is 3. The van der Waals surface area contributed by atoms with Crippen LogP contribution in [0.25, 0.3) is 42.7 Å². The second kappa shape index (κ2) is 7.65. The highest BCUT2D eigenvalue weighted by molar-refractivity contribution is 7.22. The number of halogens is 2. The van der Waals surface area contributed by atoms with Gasteiger partial charge >= 0.3 is 0 Å². The van der Waals surface area contributed by atoms with Crippen LogP contribution in [-0.2, 0) is 0 Å². The van der Waals surface area contributed by atoms with Gasteiger partial charge in [-0.1, -0.05) is 0 Å². The summed E-state index contributed by atoms with van der Waals surface area (Å²) >= 11 is 1.66. The third-order valence-corrected chi connectivity index (χ3v) is 7.04. The Morgan fingerprint density at radius 1 is 1.00 bits per heavy atom. The van der Waals surface area contributed by atoms with Gasteiger partial charge in [-0.25, -0.2) is 13.8 Å². The van der Waals surface area contributed by atoms with Gasteiger partial charge < -0.3 is 15.2 Å². The van der Waals surface area contributed by atoms with Crippen molar-refractivity contribution >= 4 is 38.1 Å². The Bertz CT molecular complexity index is 1420. The lowest BCUT2D eigenvalue weighted by molar-refractivity contribution is 0.500. The van der Waals surface area contributed by atoms with Gasteiger partial charge in [0.1, 0.15) is 5.65 Å². The molecule has 32 heavy (non-hydrogen) atoms. The lowest BCUT2D eigenvalue weighted by Gasteiger charge is -2.30. The van der Waals surface area contributed by atoms with Crippen LogP contribution in [0.2, 0.25) is 0 Å². The number of hydrogen-bond donors (Lipinski definition) is 2. The number of benzene rings is 1. The van der Waals surface area contributed by atoms with Crippen molar-refractivity contribution < 1.29 is 8.78 Å². The van der Waals surface area contributed by atoms with Crippen molar-refractivity contribution in [2.24, 2.45) is 0 Å². The molecule has 5 heterocycles. The number of anilines is 1. The van der Waals surface area contributed by atoms with Crippen LogP contribution < -0.4 is 10.2 Å². The van der Waals surface area contributed by atoms with Gasteiger partial charge in [-0.3, -0.25) is 4.98 Å². The molecule has 0 atom stereocenters. The zero-order chi connectivity index (χ0) is 21.7. The molecule has 0 amide bonds. The minimum absolute atomic E-state index is 0.299. The van der Waals surface area contributed by atoms with Crippen molar-refractivity contribution in [1.82, 2.24) is 20.3 Å². The van der Waals surface area contributed by atoms with Gasteiger partial charge in [0.2, 0.25) is 0 Å². The summed E-state index contributed by atoms with van der Waals surface area (Å²) in [6.45, 7) is 2.77. The average Bonchev–Trinajstić information content (AvgIpc) is 3.44. The molecule has 0 bridgehead atoms. The number of nitrogens with one attached hydrogen (secondary N) is 2. The van der Waals surface area contributed by atoms with Gasteiger partial charge in [0.25, 0.3) is 0 Å². The maximum atomic E-state index is 14.6. The topological polar surface area (TPSA) is 56.8 Å². The molecule has 2 N–H and O–H groups in total. The largest absolute Gasteiger partial charge is 0.367 e. The van der Waals surface area contributed by atoms with Gasteiger partial charge in [0, 0.05) is 72.4 Å². The molecular formula is C24H19F2N5S. The van der Waals surface area contributed by atoms with E-state index in [-0.39, 0.29) is 0 Å². The van der Waals surface area contributed by atoms with Crippen molar-refractivity contribution in [3.8, 4) is 21.6 Å². The van der Waals surface area contributed by atoms with E-state index in [1.165, 1.54) is 6.07 Å². The molecule has 0 radical (unpaired) electrons. The van der Waals surface area contributed by atoms with Gasteiger partial charge in [-0.05, 0) is 41.3 Å². The van der Waals surface area contributed by atoms with Crippen LogP contribution in [0.5, 0.6) is 0 Å². The molecule has 0 spiro atoms. The molecule has 1 aromatic carbocycles. The quantitative estimate of drug-likeness (QED) is 0.399. The molecule has 4 aromatic heterocycles. The number of pyridine rings is 2. The fraction of sp³-hybridized carbons (Fsp3) is 0.167. The summed E-state index contributed by atoms with van der Waals surface area (Å²) in [5.74, 6) is -1.65. The highest BCUT2D eigenvalue weighted by atomic mass is 32.1. The molecule has 5 nitrogen and oxygen atoms in total. The number of aromatic amines is 1. The van der Waals surface area contributed by atoms with E-state index in [1.807, 2.05) is 29.4 Å². The van der Waals surface area contributed by atoms with Crippen molar-refractivity contribution in [2.75, 3.05) is 31.1 Å². The molecule has 1 fully saturated rings. The van der Waals surface area contributed by atoms with Crippen LogP contribution >= 0.6 is 11.3 Å². The Kier molecular flexibility index (Phi) is 4.62. The number of piperazine rings is 1. The first-order valence-electron chi connectivity index (χ1n) is 10.4. The summed E-state index contributed by atoms with van der Waals surface area (Å²) in [5.41, 5.74) is 3.44. The molecule has 1 aliphatic heterocycles. The van der Waals surface area contributed by atoms with E-state index >= 15 is 0 Å². The van der Waals surface area contributed by atoms with Gasteiger partial charge in [-0.15, -0.1) is 11.3 Å². The highest BCUT2D eigenvalue weighted by Gasteiger charge is 2.20. The maximum Gasteiger partial charge on any atom is 0.182 e.